The summed E-state index contributed by atoms with van der Waals surface area (Å²) in [5.41, 5.74) is 0.677. The van der Waals surface area contributed by atoms with Crippen molar-refractivity contribution in [3.63, 3.8) is 0 Å². The predicted molar refractivity (Wildman–Crippen MR) is 120 cm³/mol. The number of rotatable bonds is 8. The summed E-state index contributed by atoms with van der Waals surface area (Å²) in [5, 5.41) is 11.6. The van der Waals surface area contributed by atoms with Gasteiger partial charge in [-0.05, 0) is 35.7 Å². The highest BCUT2D eigenvalue weighted by molar-refractivity contribution is 6.30. The zero-order chi connectivity index (χ0) is 22.3. The van der Waals surface area contributed by atoms with Crippen LogP contribution in [0.1, 0.15) is 10.7 Å². The molecule has 0 unspecified atom stereocenters. The van der Waals surface area contributed by atoms with Crippen LogP contribution in [-0.2, 0) is 4.79 Å². The molecule has 0 bridgehead atoms. The van der Waals surface area contributed by atoms with Crippen molar-refractivity contribution in [1.82, 2.24) is 20.8 Å². The fourth-order valence-corrected chi connectivity index (χ4v) is 3.13. The van der Waals surface area contributed by atoms with Crippen molar-refractivity contribution in [1.29, 1.82) is 0 Å². The van der Waals surface area contributed by atoms with Crippen molar-refractivity contribution in [2.45, 2.75) is 0 Å². The topological polar surface area (TPSA) is 106 Å². The molecule has 8 nitrogen and oxygen atoms in total. The highest BCUT2D eigenvalue weighted by atomic mass is 35.5. The maximum Gasteiger partial charge on any atom is 0.316 e. The Morgan fingerprint density at radius 2 is 1.69 bits per heavy atom. The van der Waals surface area contributed by atoms with E-state index >= 15 is 0 Å². The quantitative estimate of drug-likeness (QED) is 0.398. The predicted octanol–water partition coefficient (Wildman–Crippen LogP) is 3.47. The number of fused-ring (bicyclic) bond motifs is 1. The van der Waals surface area contributed by atoms with Crippen LogP contribution in [0.5, 0.6) is 5.75 Å². The Morgan fingerprint density at radius 3 is 2.53 bits per heavy atom. The van der Waals surface area contributed by atoms with Gasteiger partial charge >= 0.3 is 11.8 Å². The van der Waals surface area contributed by atoms with Gasteiger partial charge in [0.25, 0.3) is 5.91 Å². The molecular weight excluding hydrogens is 432 g/mol. The fraction of sp³-hybridized carbons (Fsp3) is 0.130. The number of halogens is 1. The second-order valence-electron chi connectivity index (χ2n) is 6.80. The van der Waals surface area contributed by atoms with E-state index in [-0.39, 0.29) is 37.3 Å². The average Bonchev–Trinajstić information content (AvgIpc) is 3.31. The van der Waals surface area contributed by atoms with Gasteiger partial charge < -0.3 is 19.9 Å². The van der Waals surface area contributed by atoms with Gasteiger partial charge in [0.05, 0.1) is 0 Å². The summed E-state index contributed by atoms with van der Waals surface area (Å²) in [4.78, 5) is 28.3. The van der Waals surface area contributed by atoms with Gasteiger partial charge in [-0.2, -0.15) is 4.98 Å². The number of aromatic nitrogens is 2. The molecule has 0 fully saturated rings. The Hall–Kier alpha value is -3.91. The highest BCUT2D eigenvalue weighted by Crippen LogP contribution is 2.25. The summed E-state index contributed by atoms with van der Waals surface area (Å²) in [5.74, 6) is -0.0697. The molecule has 0 radical (unpaired) electrons. The van der Waals surface area contributed by atoms with Crippen molar-refractivity contribution in [2.75, 3.05) is 19.7 Å². The maximum atomic E-state index is 12.2. The monoisotopic (exact) mass is 450 g/mol. The Kier molecular flexibility index (Phi) is 6.62. The Bertz CT molecular complexity index is 1230. The SMILES string of the molecule is O=C(COc1cccc2ccccc12)NCCNC(=O)c1nc(-c2ccc(Cl)cc2)no1. The Balaban J connectivity index is 1.21. The van der Waals surface area contributed by atoms with E-state index in [1.165, 1.54) is 0 Å². The first kappa shape index (κ1) is 21.3. The third kappa shape index (κ3) is 5.22. The molecule has 2 amide bonds. The number of ether oxygens (including phenoxy) is 1. The van der Waals surface area contributed by atoms with Crippen LogP contribution in [0.25, 0.3) is 22.2 Å². The molecule has 3 aromatic carbocycles. The van der Waals surface area contributed by atoms with Crippen LogP contribution < -0.4 is 15.4 Å². The number of amides is 2. The Morgan fingerprint density at radius 1 is 0.938 bits per heavy atom. The van der Waals surface area contributed by atoms with Crippen molar-refractivity contribution < 1.29 is 18.8 Å². The molecule has 2 N–H and O–H groups in total. The van der Waals surface area contributed by atoms with Gasteiger partial charge in [0.2, 0.25) is 5.82 Å². The molecule has 9 heteroatoms. The van der Waals surface area contributed by atoms with Crippen molar-refractivity contribution in [3.8, 4) is 17.1 Å². The van der Waals surface area contributed by atoms with Gasteiger partial charge in [-0.25, -0.2) is 0 Å². The zero-order valence-corrected chi connectivity index (χ0v) is 17.6. The molecule has 0 saturated carbocycles. The number of carbonyl (C=O) groups is 2. The van der Waals surface area contributed by atoms with E-state index in [1.54, 1.807) is 24.3 Å². The molecule has 0 aliphatic carbocycles. The number of nitrogens with one attached hydrogen (secondary N) is 2. The van der Waals surface area contributed by atoms with Crippen LogP contribution in [0.3, 0.4) is 0 Å². The van der Waals surface area contributed by atoms with Gasteiger partial charge in [-0.3, -0.25) is 9.59 Å². The van der Waals surface area contributed by atoms with Crippen LogP contribution in [0.15, 0.2) is 71.3 Å². The molecule has 1 heterocycles. The van der Waals surface area contributed by atoms with Gasteiger partial charge in [-0.1, -0.05) is 53.2 Å². The number of hydrogen-bond donors (Lipinski definition) is 2. The molecule has 0 aliphatic rings. The van der Waals surface area contributed by atoms with Gasteiger partial charge in [0.1, 0.15) is 5.75 Å². The fourth-order valence-electron chi connectivity index (χ4n) is 3.00. The van der Waals surface area contributed by atoms with Crippen LogP contribution in [0.2, 0.25) is 5.02 Å². The summed E-state index contributed by atoms with van der Waals surface area (Å²) < 4.78 is 10.6. The highest BCUT2D eigenvalue weighted by Gasteiger charge is 2.15. The van der Waals surface area contributed by atoms with Gasteiger partial charge in [0.15, 0.2) is 6.61 Å². The van der Waals surface area contributed by atoms with Crippen molar-refractivity contribution >= 4 is 34.2 Å². The third-order valence-electron chi connectivity index (χ3n) is 4.56. The average molecular weight is 451 g/mol. The Labute approximate surface area is 188 Å². The summed E-state index contributed by atoms with van der Waals surface area (Å²) in [6, 6.07) is 20.3. The lowest BCUT2D eigenvalue weighted by Gasteiger charge is -2.10. The molecule has 1 aromatic heterocycles. The number of benzene rings is 3. The molecule has 0 aliphatic heterocycles. The van der Waals surface area contributed by atoms with E-state index in [0.717, 1.165) is 10.8 Å². The van der Waals surface area contributed by atoms with Crippen LogP contribution in [0, 0.1) is 0 Å². The molecule has 162 valence electrons. The molecule has 0 spiro atoms. The zero-order valence-electron chi connectivity index (χ0n) is 16.9. The lowest BCUT2D eigenvalue weighted by Crippen LogP contribution is -2.36. The lowest BCUT2D eigenvalue weighted by molar-refractivity contribution is -0.123. The van der Waals surface area contributed by atoms with Gasteiger partial charge in [0, 0.05) is 29.1 Å². The first-order valence-electron chi connectivity index (χ1n) is 9.85. The van der Waals surface area contributed by atoms with Crippen LogP contribution in [-0.4, -0.2) is 41.7 Å². The van der Waals surface area contributed by atoms with E-state index in [9.17, 15) is 9.59 Å². The summed E-state index contributed by atoms with van der Waals surface area (Å²) in [6.45, 7) is 0.287. The maximum absolute atomic E-state index is 12.2. The van der Waals surface area contributed by atoms with E-state index in [2.05, 4.69) is 20.8 Å². The minimum atomic E-state index is -0.529. The van der Waals surface area contributed by atoms with Crippen LogP contribution >= 0.6 is 11.6 Å². The third-order valence-corrected chi connectivity index (χ3v) is 4.82. The van der Waals surface area contributed by atoms with Gasteiger partial charge in [-0.15, -0.1) is 0 Å². The normalized spacial score (nSPS) is 10.7. The van der Waals surface area contributed by atoms with Crippen molar-refractivity contribution in [3.05, 3.63) is 77.6 Å². The number of nitrogens with zero attached hydrogens (tertiary/aromatic N) is 2. The molecule has 0 atom stereocenters. The molecular formula is C23H19ClN4O4. The minimum Gasteiger partial charge on any atom is -0.483 e. The second kappa shape index (κ2) is 9.93. The standard InChI is InChI=1S/C23H19ClN4O4/c24-17-10-8-16(9-11-17)21-27-23(32-28-21)22(30)26-13-12-25-20(29)14-31-19-7-3-5-15-4-1-2-6-18(15)19/h1-11H,12-14H2,(H,25,29)(H,26,30). The minimum absolute atomic E-state index is 0.129. The second-order valence-corrected chi connectivity index (χ2v) is 7.24. The first-order valence-corrected chi connectivity index (χ1v) is 10.2. The van der Waals surface area contributed by atoms with E-state index < -0.39 is 5.91 Å². The summed E-state index contributed by atoms with van der Waals surface area (Å²) in [7, 11) is 0. The van der Waals surface area contributed by atoms with E-state index in [1.807, 2.05) is 42.5 Å². The molecule has 4 rings (SSSR count). The number of carbonyl (C=O) groups excluding carboxylic acids is 2. The summed E-state index contributed by atoms with van der Waals surface area (Å²) in [6.07, 6.45) is 0. The number of hydrogen-bond acceptors (Lipinski definition) is 6. The largest absolute Gasteiger partial charge is 0.483 e. The molecule has 0 saturated heterocycles. The summed E-state index contributed by atoms with van der Waals surface area (Å²) >= 11 is 5.86. The molecule has 4 aromatic rings. The van der Waals surface area contributed by atoms with E-state index in [4.69, 9.17) is 20.9 Å². The molecule has 32 heavy (non-hydrogen) atoms. The van der Waals surface area contributed by atoms with Crippen LogP contribution in [0.4, 0.5) is 0 Å². The lowest BCUT2D eigenvalue weighted by atomic mass is 10.1. The first-order chi connectivity index (χ1) is 15.6. The van der Waals surface area contributed by atoms with Crippen molar-refractivity contribution in [2.24, 2.45) is 0 Å². The van der Waals surface area contributed by atoms with E-state index in [0.29, 0.717) is 16.3 Å². The smallest absolute Gasteiger partial charge is 0.316 e.